The molecule has 1 heterocycles. The van der Waals surface area contributed by atoms with Crippen molar-refractivity contribution in [2.24, 2.45) is 0 Å². The smallest absolute Gasteiger partial charge is 0.348 e. The van der Waals surface area contributed by atoms with Crippen LogP contribution in [0.5, 0.6) is 11.5 Å². The van der Waals surface area contributed by atoms with Crippen molar-refractivity contribution in [2.75, 3.05) is 7.11 Å². The van der Waals surface area contributed by atoms with Crippen LogP contribution in [0.2, 0.25) is 5.02 Å². The van der Waals surface area contributed by atoms with Gasteiger partial charge in [-0.2, -0.15) is 0 Å². The number of carbonyl (C=O) groups is 2. The molecule has 0 bridgehead atoms. The molecule has 0 aliphatic carbocycles. The molecule has 0 radical (unpaired) electrons. The number of phenols is 1. The Bertz CT molecular complexity index is 602. The van der Waals surface area contributed by atoms with E-state index in [0.717, 1.165) is 6.08 Å². The molecule has 1 aliphatic rings. The van der Waals surface area contributed by atoms with Gasteiger partial charge in [0, 0.05) is 25.5 Å². The van der Waals surface area contributed by atoms with Crippen LogP contribution in [0.15, 0.2) is 17.7 Å². The molecule has 0 saturated carbocycles. The minimum absolute atomic E-state index is 0.0982. The van der Waals surface area contributed by atoms with Gasteiger partial charge in [-0.3, -0.25) is 0 Å². The van der Waals surface area contributed by atoms with E-state index in [4.69, 9.17) is 25.8 Å². The van der Waals surface area contributed by atoms with Crippen LogP contribution in [-0.4, -0.2) is 29.9 Å². The van der Waals surface area contributed by atoms with E-state index in [-0.39, 0.29) is 21.9 Å². The van der Waals surface area contributed by atoms with E-state index in [1.54, 1.807) is 0 Å². The van der Waals surface area contributed by atoms with Crippen molar-refractivity contribution in [3.05, 3.63) is 28.3 Å². The molecule has 6 nitrogen and oxygen atoms in total. The highest BCUT2D eigenvalue weighted by Gasteiger charge is 2.39. The first-order chi connectivity index (χ1) is 9.73. The minimum atomic E-state index is -1.32. The maximum Gasteiger partial charge on any atom is 0.348 e. The Hall–Kier alpha value is -2.21. The maximum atomic E-state index is 11.8. The third-order valence-corrected chi connectivity index (χ3v) is 3.04. The summed E-state index contributed by atoms with van der Waals surface area (Å²) in [5, 5.41) is 10.0. The largest absolute Gasteiger partial charge is 0.507 e. The highest BCUT2D eigenvalue weighted by molar-refractivity contribution is 6.33. The van der Waals surface area contributed by atoms with E-state index in [1.165, 1.54) is 33.1 Å². The molecule has 0 atom stereocenters. The lowest BCUT2D eigenvalue weighted by molar-refractivity contribution is -0.222. The molecule has 1 fully saturated rings. The second kappa shape index (κ2) is 5.29. The number of benzene rings is 1. The number of phenolic OH excluding ortho intramolecular Hbond substituents is 1. The number of esters is 2. The molecule has 112 valence electrons. The first kappa shape index (κ1) is 15.2. The van der Waals surface area contributed by atoms with Gasteiger partial charge in [0.05, 0.1) is 12.1 Å². The first-order valence-corrected chi connectivity index (χ1v) is 6.36. The van der Waals surface area contributed by atoms with Crippen LogP contribution in [-0.2, 0) is 19.1 Å². The Kier molecular flexibility index (Phi) is 3.82. The average molecular weight is 313 g/mol. The van der Waals surface area contributed by atoms with Crippen LogP contribution in [0.1, 0.15) is 19.4 Å². The Morgan fingerprint density at radius 3 is 2.29 bits per heavy atom. The van der Waals surface area contributed by atoms with E-state index in [2.05, 4.69) is 0 Å². The van der Waals surface area contributed by atoms with Gasteiger partial charge in [-0.1, -0.05) is 11.6 Å². The van der Waals surface area contributed by atoms with Crippen LogP contribution < -0.4 is 4.74 Å². The van der Waals surface area contributed by atoms with E-state index < -0.39 is 17.7 Å². The van der Waals surface area contributed by atoms with E-state index in [0.29, 0.717) is 5.75 Å². The number of cyclic esters (lactones) is 2. The summed E-state index contributed by atoms with van der Waals surface area (Å²) in [5.74, 6) is -2.91. The van der Waals surface area contributed by atoms with Gasteiger partial charge in [0.15, 0.2) is 0 Å². The zero-order valence-electron chi connectivity index (χ0n) is 11.6. The first-order valence-electron chi connectivity index (χ1n) is 5.98. The number of ether oxygens (including phenoxy) is 3. The molecule has 1 aromatic carbocycles. The Labute approximate surface area is 125 Å². The van der Waals surface area contributed by atoms with Gasteiger partial charge in [-0.15, -0.1) is 0 Å². The van der Waals surface area contributed by atoms with Crippen molar-refractivity contribution in [3.63, 3.8) is 0 Å². The lowest BCUT2D eigenvalue weighted by atomic mass is 10.1. The lowest BCUT2D eigenvalue weighted by Gasteiger charge is -2.29. The van der Waals surface area contributed by atoms with Crippen LogP contribution in [0.4, 0.5) is 0 Å². The predicted molar refractivity (Wildman–Crippen MR) is 73.9 cm³/mol. The quantitative estimate of drug-likeness (QED) is 0.512. The molecule has 7 heteroatoms. The Morgan fingerprint density at radius 1 is 1.24 bits per heavy atom. The van der Waals surface area contributed by atoms with Crippen LogP contribution in [0, 0.1) is 0 Å². The molecule has 1 saturated heterocycles. The summed E-state index contributed by atoms with van der Waals surface area (Å²) >= 11 is 6.00. The fraction of sp³-hybridized carbons (Fsp3) is 0.286. The third kappa shape index (κ3) is 3.11. The van der Waals surface area contributed by atoms with Gasteiger partial charge < -0.3 is 19.3 Å². The van der Waals surface area contributed by atoms with E-state index in [9.17, 15) is 14.7 Å². The Balaban J connectivity index is 2.45. The highest BCUT2D eigenvalue weighted by atomic mass is 35.5. The number of halogens is 1. The van der Waals surface area contributed by atoms with Crippen molar-refractivity contribution in [1.82, 2.24) is 0 Å². The summed E-state index contributed by atoms with van der Waals surface area (Å²) in [7, 11) is 1.42. The van der Waals surface area contributed by atoms with Gasteiger partial charge in [0.1, 0.15) is 17.1 Å². The number of rotatable bonds is 2. The second-order valence-corrected chi connectivity index (χ2v) is 5.19. The van der Waals surface area contributed by atoms with Gasteiger partial charge in [-0.05, 0) is 12.1 Å². The third-order valence-electron chi connectivity index (χ3n) is 2.72. The maximum absolute atomic E-state index is 11.8. The van der Waals surface area contributed by atoms with Gasteiger partial charge >= 0.3 is 11.9 Å². The normalized spacial score (nSPS) is 17.0. The molecule has 1 aliphatic heterocycles. The van der Waals surface area contributed by atoms with E-state index >= 15 is 0 Å². The monoisotopic (exact) mass is 312 g/mol. The molecule has 2 rings (SSSR count). The van der Waals surface area contributed by atoms with Crippen LogP contribution in [0.25, 0.3) is 6.08 Å². The van der Waals surface area contributed by atoms with Gasteiger partial charge in [0.25, 0.3) is 5.79 Å². The van der Waals surface area contributed by atoms with Crippen molar-refractivity contribution < 1.29 is 28.9 Å². The lowest BCUT2D eigenvalue weighted by Crippen LogP contribution is -2.41. The van der Waals surface area contributed by atoms with E-state index in [1.807, 2.05) is 0 Å². The minimum Gasteiger partial charge on any atom is -0.507 e. The van der Waals surface area contributed by atoms with Crippen LogP contribution >= 0.6 is 11.6 Å². The summed E-state index contributed by atoms with van der Waals surface area (Å²) in [6.45, 7) is 2.88. The second-order valence-electron chi connectivity index (χ2n) is 4.78. The highest BCUT2D eigenvalue weighted by Crippen LogP contribution is 2.34. The average Bonchev–Trinajstić information content (AvgIpc) is 2.34. The summed E-state index contributed by atoms with van der Waals surface area (Å²) in [6, 6.07) is 2.75. The van der Waals surface area contributed by atoms with Crippen molar-refractivity contribution in [2.45, 2.75) is 19.6 Å². The topological polar surface area (TPSA) is 82.1 Å². The van der Waals surface area contributed by atoms with Crippen LogP contribution in [0.3, 0.4) is 0 Å². The van der Waals surface area contributed by atoms with Crippen molar-refractivity contribution in [1.29, 1.82) is 0 Å². The molecule has 1 aromatic rings. The zero-order chi connectivity index (χ0) is 15.8. The fourth-order valence-electron chi connectivity index (χ4n) is 1.76. The fourth-order valence-corrected chi connectivity index (χ4v) is 2.02. The SMILES string of the molecule is COc1cc(O)c(C=C2C(=O)OC(C)(C)OC2=O)c(Cl)c1. The number of carbonyl (C=O) groups excluding carboxylic acids is 2. The molecule has 1 N–H and O–H groups in total. The molecular weight excluding hydrogens is 300 g/mol. The summed E-state index contributed by atoms with van der Waals surface area (Å²) in [5.41, 5.74) is -0.252. The number of hydrogen-bond acceptors (Lipinski definition) is 6. The zero-order valence-corrected chi connectivity index (χ0v) is 12.4. The molecule has 0 spiro atoms. The van der Waals surface area contributed by atoms with Crippen molar-refractivity contribution in [3.8, 4) is 11.5 Å². The molecule has 21 heavy (non-hydrogen) atoms. The van der Waals surface area contributed by atoms with Gasteiger partial charge in [-0.25, -0.2) is 9.59 Å². The van der Waals surface area contributed by atoms with Gasteiger partial charge in [0.2, 0.25) is 0 Å². The molecule has 0 aromatic heterocycles. The summed E-state index contributed by atoms with van der Waals surface area (Å²) < 4.78 is 14.8. The molecule has 0 amide bonds. The summed E-state index contributed by atoms with van der Waals surface area (Å²) in [6.07, 6.45) is 1.12. The number of aromatic hydroxyl groups is 1. The standard InChI is InChI=1S/C14H13ClO6/c1-14(2)20-12(17)9(13(18)21-14)6-8-10(15)4-7(19-3)5-11(8)16/h4-6,16H,1-3H3. The molecular formula is C14H13ClO6. The predicted octanol–water partition coefficient (Wildman–Crippen LogP) is 2.27. The summed E-state index contributed by atoms with van der Waals surface area (Å²) in [4.78, 5) is 23.7. The number of methoxy groups -OCH3 is 1. The number of hydrogen-bond donors (Lipinski definition) is 1. The Morgan fingerprint density at radius 2 is 1.81 bits per heavy atom. The van der Waals surface area contributed by atoms with Crippen molar-refractivity contribution >= 4 is 29.6 Å². The molecule has 0 unspecified atom stereocenters.